The van der Waals surface area contributed by atoms with Crippen molar-refractivity contribution in [2.75, 3.05) is 20.6 Å². The molecular formula is C5H10BrMgN. The molecule has 3 heteroatoms. The Labute approximate surface area is 78.1 Å². The van der Waals surface area contributed by atoms with Crippen molar-refractivity contribution in [1.82, 2.24) is 4.90 Å². The van der Waals surface area contributed by atoms with Gasteiger partial charge < -0.3 is 2.85 Å². The first-order valence-electron chi connectivity index (χ1n) is 2.00. The standard InChI is InChI=1S/C5H8BrN.Mg.2H/c1-7(2)5-3-4-6;;;/h5H2,1-2H3;;;/q;+2;2*-1. The van der Waals surface area contributed by atoms with Crippen molar-refractivity contribution in [3.8, 4) is 10.8 Å². The van der Waals surface area contributed by atoms with Gasteiger partial charge in [-0.25, -0.2) is 0 Å². The largest absolute Gasteiger partial charge is 2.00 e. The van der Waals surface area contributed by atoms with Crippen LogP contribution in [0.5, 0.6) is 0 Å². The summed E-state index contributed by atoms with van der Waals surface area (Å²) in [6, 6.07) is 0. The molecule has 0 N–H and O–H groups in total. The molecule has 0 atom stereocenters. The van der Waals surface area contributed by atoms with E-state index < -0.39 is 0 Å². The van der Waals surface area contributed by atoms with Crippen LogP contribution < -0.4 is 0 Å². The molecule has 0 saturated carbocycles. The third-order valence-electron chi connectivity index (χ3n) is 0.462. The van der Waals surface area contributed by atoms with Crippen LogP contribution in [0.15, 0.2) is 0 Å². The van der Waals surface area contributed by atoms with Crippen LogP contribution in [0.2, 0.25) is 0 Å². The van der Waals surface area contributed by atoms with Gasteiger partial charge in [-0.2, -0.15) is 0 Å². The molecule has 0 aliphatic heterocycles. The Bertz CT molecular complexity index is 99.6. The van der Waals surface area contributed by atoms with E-state index in [1.807, 2.05) is 19.0 Å². The van der Waals surface area contributed by atoms with E-state index in [1.165, 1.54) is 0 Å². The van der Waals surface area contributed by atoms with Gasteiger partial charge in [-0.1, -0.05) is 5.92 Å². The molecule has 0 saturated heterocycles. The van der Waals surface area contributed by atoms with E-state index in [0.717, 1.165) is 6.54 Å². The van der Waals surface area contributed by atoms with Gasteiger partial charge in [0.2, 0.25) is 0 Å². The molecule has 0 unspecified atom stereocenters. The molecule has 44 valence electrons. The minimum absolute atomic E-state index is 0. The Morgan fingerprint density at radius 1 is 1.62 bits per heavy atom. The summed E-state index contributed by atoms with van der Waals surface area (Å²) in [5, 5.41) is 0. The summed E-state index contributed by atoms with van der Waals surface area (Å²) in [5.41, 5.74) is 0. The van der Waals surface area contributed by atoms with Crippen LogP contribution in [0.3, 0.4) is 0 Å². The molecule has 0 fully saturated rings. The predicted molar refractivity (Wildman–Crippen MR) is 43.2 cm³/mol. The van der Waals surface area contributed by atoms with Gasteiger partial charge in [0, 0.05) is 15.9 Å². The molecule has 8 heavy (non-hydrogen) atoms. The molecule has 0 aromatic carbocycles. The summed E-state index contributed by atoms with van der Waals surface area (Å²) in [5.74, 6) is 2.84. The summed E-state index contributed by atoms with van der Waals surface area (Å²) >= 11 is 2.99. The summed E-state index contributed by atoms with van der Waals surface area (Å²) < 4.78 is 0. The van der Waals surface area contributed by atoms with E-state index in [9.17, 15) is 0 Å². The fourth-order valence-corrected chi connectivity index (χ4v) is 0.313. The predicted octanol–water partition coefficient (Wildman–Crippen LogP) is 0.748. The van der Waals surface area contributed by atoms with Gasteiger partial charge in [0.15, 0.2) is 0 Å². The van der Waals surface area contributed by atoms with Crippen molar-refractivity contribution in [1.29, 1.82) is 0 Å². The normalized spacial score (nSPS) is 7.00. The maximum Gasteiger partial charge on any atom is 2.00 e. The zero-order chi connectivity index (χ0) is 5.70. The average molecular weight is 188 g/mol. The average Bonchev–Trinajstić information content (AvgIpc) is 1.61. The monoisotopic (exact) mass is 187 g/mol. The third-order valence-corrected chi connectivity index (χ3v) is 0.742. The Hall–Kier alpha value is 0.766. The maximum atomic E-state index is 2.99. The van der Waals surface area contributed by atoms with E-state index >= 15 is 0 Å². The number of nitrogens with zero attached hydrogens (tertiary/aromatic N) is 1. The quantitative estimate of drug-likeness (QED) is 0.433. The van der Waals surface area contributed by atoms with E-state index in [0.29, 0.717) is 0 Å². The SMILES string of the molecule is CN(C)CC#CBr.[H-].[H-].[Mg+2]. The Morgan fingerprint density at radius 3 is 2.25 bits per heavy atom. The molecule has 1 nitrogen and oxygen atoms in total. The summed E-state index contributed by atoms with van der Waals surface area (Å²) in [6.07, 6.45) is 0. The number of rotatable bonds is 1. The molecule has 0 aromatic rings. The Kier molecular flexibility index (Phi) is 11.2. The van der Waals surface area contributed by atoms with Crippen molar-refractivity contribution in [3.63, 3.8) is 0 Å². The molecule has 0 amide bonds. The van der Waals surface area contributed by atoms with E-state index in [-0.39, 0.29) is 25.9 Å². The fraction of sp³-hybridized carbons (Fsp3) is 0.600. The molecule has 0 spiro atoms. The van der Waals surface area contributed by atoms with Gasteiger partial charge in [0.05, 0.1) is 6.54 Å². The Morgan fingerprint density at radius 2 is 2.12 bits per heavy atom. The zero-order valence-electron chi connectivity index (χ0n) is 7.24. The van der Waals surface area contributed by atoms with Crippen molar-refractivity contribution < 1.29 is 2.85 Å². The van der Waals surface area contributed by atoms with Gasteiger partial charge in [-0.15, -0.1) is 0 Å². The first kappa shape index (κ1) is 11.5. The zero-order valence-corrected chi connectivity index (χ0v) is 8.24. The molecule has 0 rings (SSSR count). The molecule has 0 bridgehead atoms. The van der Waals surface area contributed by atoms with Crippen molar-refractivity contribution in [2.24, 2.45) is 0 Å². The fourth-order valence-electron chi connectivity index (χ4n) is 0.188. The number of hydrogen-bond acceptors (Lipinski definition) is 1. The second-order valence-electron chi connectivity index (χ2n) is 1.51. The van der Waals surface area contributed by atoms with Crippen LogP contribution in [-0.4, -0.2) is 48.6 Å². The Balaban J connectivity index is -0.0000000600. The minimum Gasteiger partial charge on any atom is -1.00 e. The maximum absolute atomic E-state index is 2.99. The molecule has 0 aliphatic rings. The van der Waals surface area contributed by atoms with Gasteiger partial charge in [-0.05, 0) is 18.9 Å². The topological polar surface area (TPSA) is 3.24 Å². The number of halogens is 1. The summed E-state index contributed by atoms with van der Waals surface area (Å²) in [4.78, 5) is 4.63. The van der Waals surface area contributed by atoms with Gasteiger partial charge in [0.25, 0.3) is 0 Å². The smallest absolute Gasteiger partial charge is 1.00 e. The van der Waals surface area contributed by atoms with Crippen molar-refractivity contribution >= 4 is 39.0 Å². The third kappa shape index (κ3) is 9.90. The molecule has 0 radical (unpaired) electrons. The van der Waals surface area contributed by atoms with Gasteiger partial charge >= 0.3 is 23.1 Å². The van der Waals surface area contributed by atoms with Crippen LogP contribution in [0, 0.1) is 10.8 Å². The van der Waals surface area contributed by atoms with E-state index in [1.54, 1.807) is 0 Å². The van der Waals surface area contributed by atoms with Crippen LogP contribution >= 0.6 is 15.9 Å². The molecule has 0 aliphatic carbocycles. The molecule has 0 heterocycles. The van der Waals surface area contributed by atoms with Crippen molar-refractivity contribution in [2.45, 2.75) is 0 Å². The second-order valence-corrected chi connectivity index (χ2v) is 1.91. The van der Waals surface area contributed by atoms with Crippen LogP contribution in [0.1, 0.15) is 2.85 Å². The van der Waals surface area contributed by atoms with Crippen LogP contribution in [0.4, 0.5) is 0 Å². The van der Waals surface area contributed by atoms with Gasteiger partial charge in [0.1, 0.15) is 0 Å². The second kappa shape index (κ2) is 7.77. The van der Waals surface area contributed by atoms with Crippen molar-refractivity contribution in [3.05, 3.63) is 0 Å². The number of hydrogen-bond donors (Lipinski definition) is 0. The van der Waals surface area contributed by atoms with E-state index in [2.05, 4.69) is 26.7 Å². The molecule has 0 aromatic heterocycles. The van der Waals surface area contributed by atoms with Crippen LogP contribution in [0.25, 0.3) is 0 Å². The minimum atomic E-state index is 0. The molecular weight excluding hydrogens is 178 g/mol. The first-order valence-corrected chi connectivity index (χ1v) is 2.80. The first-order chi connectivity index (χ1) is 3.27. The summed E-state index contributed by atoms with van der Waals surface area (Å²) in [7, 11) is 3.97. The summed E-state index contributed by atoms with van der Waals surface area (Å²) in [6.45, 7) is 0.825. The van der Waals surface area contributed by atoms with Crippen LogP contribution in [-0.2, 0) is 0 Å². The van der Waals surface area contributed by atoms with E-state index in [4.69, 9.17) is 0 Å². The van der Waals surface area contributed by atoms with Gasteiger partial charge in [-0.3, -0.25) is 4.90 Å².